The number of rotatable bonds is 3. The van der Waals surface area contributed by atoms with Gasteiger partial charge in [-0.3, -0.25) is 4.79 Å². The fraction of sp³-hybridized carbons (Fsp3) is 0.500. The molecule has 4 heterocycles. The van der Waals surface area contributed by atoms with E-state index in [4.69, 9.17) is 27.9 Å². The van der Waals surface area contributed by atoms with Crippen LogP contribution in [0.25, 0.3) is 0 Å². The Morgan fingerprint density at radius 3 is 2.26 bits per heavy atom. The molecule has 2 aliphatic rings. The van der Waals surface area contributed by atoms with Crippen molar-refractivity contribution in [1.29, 1.82) is 0 Å². The second-order valence-electron chi connectivity index (χ2n) is 7.53. The van der Waals surface area contributed by atoms with Crippen molar-refractivity contribution in [1.82, 2.24) is 20.2 Å². The number of hydrogen-bond acceptors (Lipinski definition) is 5. The van der Waals surface area contributed by atoms with Crippen LogP contribution in [0, 0.1) is 0 Å². The molecular formula is C22H29Cl3N4O2. The fourth-order valence-corrected chi connectivity index (χ4v) is 4.14. The molecule has 6 nitrogen and oxygen atoms in total. The average molecular weight is 488 g/mol. The quantitative estimate of drug-likeness (QED) is 0.633. The van der Waals surface area contributed by atoms with Gasteiger partial charge in [0, 0.05) is 31.8 Å². The zero-order valence-electron chi connectivity index (χ0n) is 17.6. The lowest BCUT2D eigenvalue weighted by Gasteiger charge is -2.32. The van der Waals surface area contributed by atoms with E-state index in [9.17, 15) is 4.79 Å². The minimum absolute atomic E-state index is 0. The zero-order valence-corrected chi connectivity index (χ0v) is 19.9. The van der Waals surface area contributed by atoms with Crippen LogP contribution in [-0.4, -0.2) is 53.1 Å². The Kier molecular flexibility index (Phi) is 10.8. The molecule has 4 rings (SSSR count). The van der Waals surface area contributed by atoms with Crippen LogP contribution in [0.5, 0.6) is 5.88 Å². The zero-order chi connectivity index (χ0) is 21.3. The first kappa shape index (κ1) is 25.7. The summed E-state index contributed by atoms with van der Waals surface area (Å²) in [6.45, 7) is 5.35. The molecule has 31 heavy (non-hydrogen) atoms. The molecule has 2 fully saturated rings. The molecule has 1 amide bonds. The highest BCUT2D eigenvalue weighted by atomic mass is 35.5. The molecule has 1 N–H and O–H groups in total. The van der Waals surface area contributed by atoms with Crippen LogP contribution >= 0.6 is 35.6 Å². The minimum atomic E-state index is 0. The number of piperidine rings is 2. The van der Waals surface area contributed by atoms with Crippen molar-refractivity contribution < 1.29 is 9.53 Å². The molecule has 0 unspecified atom stereocenters. The molecule has 2 aromatic rings. The summed E-state index contributed by atoms with van der Waals surface area (Å²) in [6, 6.07) is 9.22. The lowest BCUT2D eigenvalue weighted by atomic mass is 9.90. The van der Waals surface area contributed by atoms with Gasteiger partial charge >= 0.3 is 0 Å². The van der Waals surface area contributed by atoms with Crippen molar-refractivity contribution in [2.24, 2.45) is 0 Å². The van der Waals surface area contributed by atoms with E-state index in [1.54, 1.807) is 25.1 Å². The second kappa shape index (κ2) is 13.1. The first-order valence-electron chi connectivity index (χ1n) is 10.4. The maximum absolute atomic E-state index is 11.5. The first-order chi connectivity index (χ1) is 14.5. The monoisotopic (exact) mass is 486 g/mol. The molecule has 0 aromatic carbocycles. The van der Waals surface area contributed by atoms with Gasteiger partial charge in [0.1, 0.15) is 16.4 Å². The Labute approximate surface area is 200 Å². The Morgan fingerprint density at radius 2 is 1.71 bits per heavy atom. The average Bonchev–Trinajstić information content (AvgIpc) is 2.75. The number of amides is 1. The highest BCUT2D eigenvalue weighted by Gasteiger charge is 2.26. The fourth-order valence-electron chi connectivity index (χ4n) is 3.77. The van der Waals surface area contributed by atoms with E-state index in [1.165, 1.54) is 5.56 Å². The van der Waals surface area contributed by atoms with Gasteiger partial charge < -0.3 is 15.0 Å². The summed E-state index contributed by atoms with van der Waals surface area (Å²) < 4.78 is 6.18. The van der Waals surface area contributed by atoms with E-state index in [-0.39, 0.29) is 24.4 Å². The standard InChI is InChI=1S/C17H25N3O2.C5H3Cl2N.ClH/c1-13(21)20-11-6-14(7-12-20)16-3-2-8-19-17(16)22-15-4-9-18-10-5-15;6-4-2-1-3-5(7)8-4;/h2-3,8,14-15,18H,4-7,9-12H2,1H3;1-3H;1H. The first-order valence-corrected chi connectivity index (χ1v) is 11.1. The maximum atomic E-state index is 11.5. The van der Waals surface area contributed by atoms with Gasteiger partial charge in [0.2, 0.25) is 11.8 Å². The van der Waals surface area contributed by atoms with Gasteiger partial charge in [0.05, 0.1) is 0 Å². The summed E-state index contributed by atoms with van der Waals surface area (Å²) in [5, 5.41) is 4.21. The molecular weight excluding hydrogens is 459 g/mol. The predicted octanol–water partition coefficient (Wildman–Crippen LogP) is 4.75. The third kappa shape index (κ3) is 8.11. The van der Waals surface area contributed by atoms with E-state index in [0.29, 0.717) is 16.2 Å². The van der Waals surface area contributed by atoms with E-state index in [1.807, 2.05) is 17.2 Å². The smallest absolute Gasteiger partial charge is 0.219 e. The van der Waals surface area contributed by atoms with E-state index in [0.717, 1.165) is 57.7 Å². The van der Waals surface area contributed by atoms with Crippen LogP contribution in [0.3, 0.4) is 0 Å². The normalized spacial score (nSPS) is 17.2. The molecule has 2 aliphatic heterocycles. The molecule has 0 atom stereocenters. The highest BCUT2D eigenvalue weighted by molar-refractivity contribution is 6.32. The largest absolute Gasteiger partial charge is 0.474 e. The van der Waals surface area contributed by atoms with Gasteiger partial charge in [-0.15, -0.1) is 12.4 Å². The molecule has 0 spiro atoms. The summed E-state index contributed by atoms with van der Waals surface area (Å²) in [5.41, 5.74) is 1.21. The maximum Gasteiger partial charge on any atom is 0.219 e. The number of carbonyl (C=O) groups excluding carboxylic acids is 1. The summed E-state index contributed by atoms with van der Waals surface area (Å²) in [7, 11) is 0. The van der Waals surface area contributed by atoms with Crippen molar-refractivity contribution in [2.75, 3.05) is 26.2 Å². The van der Waals surface area contributed by atoms with E-state index < -0.39 is 0 Å². The third-order valence-corrected chi connectivity index (χ3v) is 5.85. The highest BCUT2D eigenvalue weighted by Crippen LogP contribution is 2.33. The van der Waals surface area contributed by atoms with Crippen molar-refractivity contribution in [3.05, 3.63) is 52.4 Å². The van der Waals surface area contributed by atoms with Crippen LogP contribution < -0.4 is 10.1 Å². The molecule has 170 valence electrons. The molecule has 2 saturated heterocycles. The van der Waals surface area contributed by atoms with Crippen molar-refractivity contribution >= 4 is 41.5 Å². The Morgan fingerprint density at radius 1 is 1.06 bits per heavy atom. The van der Waals surface area contributed by atoms with E-state index >= 15 is 0 Å². The SMILES string of the molecule is CC(=O)N1CCC(c2cccnc2OC2CCNCC2)CC1.Cl.Clc1cccc(Cl)n1. The van der Waals surface area contributed by atoms with Crippen LogP contribution in [0.15, 0.2) is 36.5 Å². The minimum Gasteiger partial charge on any atom is -0.474 e. The van der Waals surface area contributed by atoms with Gasteiger partial charge in [-0.2, -0.15) is 0 Å². The lowest BCUT2D eigenvalue weighted by molar-refractivity contribution is -0.129. The summed E-state index contributed by atoms with van der Waals surface area (Å²) in [4.78, 5) is 21.6. The number of ether oxygens (including phenoxy) is 1. The number of aromatic nitrogens is 2. The number of likely N-dealkylation sites (tertiary alicyclic amines) is 1. The van der Waals surface area contributed by atoms with Crippen LogP contribution in [0.2, 0.25) is 10.3 Å². The number of carbonyl (C=O) groups is 1. The van der Waals surface area contributed by atoms with Gasteiger partial charge in [0.15, 0.2) is 0 Å². The van der Waals surface area contributed by atoms with Gasteiger partial charge in [-0.25, -0.2) is 9.97 Å². The summed E-state index contributed by atoms with van der Waals surface area (Å²) >= 11 is 10.9. The molecule has 9 heteroatoms. The number of halogens is 3. The summed E-state index contributed by atoms with van der Waals surface area (Å²) in [6.07, 6.45) is 6.15. The van der Waals surface area contributed by atoms with Gasteiger partial charge in [-0.05, 0) is 62.9 Å². The third-order valence-electron chi connectivity index (χ3n) is 5.43. The number of nitrogens with one attached hydrogen (secondary N) is 1. The second-order valence-corrected chi connectivity index (χ2v) is 8.30. The van der Waals surface area contributed by atoms with Crippen molar-refractivity contribution in [3.8, 4) is 5.88 Å². The molecule has 0 radical (unpaired) electrons. The van der Waals surface area contributed by atoms with Crippen molar-refractivity contribution in [2.45, 2.75) is 44.6 Å². The predicted molar refractivity (Wildman–Crippen MR) is 126 cm³/mol. The molecule has 2 aromatic heterocycles. The lowest BCUT2D eigenvalue weighted by Crippen LogP contribution is -2.37. The summed E-state index contributed by atoms with van der Waals surface area (Å²) in [5.74, 6) is 1.42. The Balaban J connectivity index is 0.000000322. The molecule has 0 aliphatic carbocycles. The van der Waals surface area contributed by atoms with Crippen molar-refractivity contribution in [3.63, 3.8) is 0 Å². The van der Waals surface area contributed by atoms with Crippen LogP contribution in [0.4, 0.5) is 0 Å². The van der Waals surface area contributed by atoms with E-state index in [2.05, 4.69) is 21.4 Å². The van der Waals surface area contributed by atoms with Crippen LogP contribution in [0.1, 0.15) is 44.1 Å². The molecule has 0 bridgehead atoms. The van der Waals surface area contributed by atoms with Gasteiger partial charge in [-0.1, -0.05) is 35.3 Å². The number of nitrogens with zero attached hydrogens (tertiary/aromatic N) is 3. The van der Waals surface area contributed by atoms with Crippen LogP contribution in [-0.2, 0) is 4.79 Å². The number of pyridine rings is 2. The Hall–Kier alpha value is -1.60. The van der Waals surface area contributed by atoms with Gasteiger partial charge in [0.25, 0.3) is 0 Å². The number of hydrogen-bond donors (Lipinski definition) is 1. The Bertz CT molecular complexity index is 809. The topological polar surface area (TPSA) is 67.4 Å². The molecule has 0 saturated carbocycles.